The molecule has 0 radical (unpaired) electrons. The minimum absolute atomic E-state index is 0.0547. The standard InChI is InChI=1S/C25H41N3O3/c1-6-19-13-21(24(29)26-15-22-16(3)12-17(4)27-25(22)30)18(5)23(14-19)28(7-2)20-8-10-31-11-9-20/h1,16-23H,7-15H2,2-5H3,(H,26,29)(H,27,30). The van der Waals surface area contributed by atoms with Crippen LogP contribution in [0.4, 0.5) is 0 Å². The molecule has 0 bridgehead atoms. The number of carbonyl (C=O) groups is 2. The molecule has 2 N–H and O–H groups in total. The van der Waals surface area contributed by atoms with Gasteiger partial charge in [0.15, 0.2) is 0 Å². The van der Waals surface area contributed by atoms with Crippen molar-refractivity contribution < 1.29 is 14.3 Å². The Bertz CT molecular complexity index is 669. The molecule has 6 nitrogen and oxygen atoms in total. The van der Waals surface area contributed by atoms with Gasteiger partial charge in [0.05, 0.1) is 5.92 Å². The fraction of sp³-hybridized carbons (Fsp3) is 0.840. The summed E-state index contributed by atoms with van der Waals surface area (Å²) in [6, 6.07) is 1.01. The van der Waals surface area contributed by atoms with Crippen LogP contribution in [0.25, 0.3) is 0 Å². The highest BCUT2D eigenvalue weighted by molar-refractivity contribution is 5.83. The average Bonchev–Trinajstić information content (AvgIpc) is 2.75. The van der Waals surface area contributed by atoms with Gasteiger partial charge in [-0.3, -0.25) is 14.5 Å². The van der Waals surface area contributed by atoms with E-state index in [2.05, 4.69) is 42.2 Å². The lowest BCUT2D eigenvalue weighted by Crippen LogP contribution is -2.55. The van der Waals surface area contributed by atoms with Crippen molar-refractivity contribution in [3.8, 4) is 12.3 Å². The number of terminal acetylenes is 1. The van der Waals surface area contributed by atoms with E-state index in [1.165, 1.54) is 0 Å². The minimum Gasteiger partial charge on any atom is -0.381 e. The molecule has 3 rings (SSSR count). The molecule has 2 amide bonds. The number of amides is 2. The molecule has 2 heterocycles. The van der Waals surface area contributed by atoms with Crippen LogP contribution in [0.2, 0.25) is 0 Å². The molecule has 31 heavy (non-hydrogen) atoms. The summed E-state index contributed by atoms with van der Waals surface area (Å²) < 4.78 is 5.57. The third-order valence-electron chi connectivity index (χ3n) is 7.96. The number of nitrogens with one attached hydrogen (secondary N) is 2. The fourth-order valence-corrected chi connectivity index (χ4v) is 6.12. The number of ether oxygens (including phenoxy) is 1. The van der Waals surface area contributed by atoms with Crippen LogP contribution in [0.3, 0.4) is 0 Å². The van der Waals surface area contributed by atoms with Crippen LogP contribution in [0.5, 0.6) is 0 Å². The van der Waals surface area contributed by atoms with Crippen molar-refractivity contribution in [1.82, 2.24) is 15.5 Å². The number of carbonyl (C=O) groups excluding carboxylic acids is 2. The molecule has 7 unspecified atom stereocenters. The van der Waals surface area contributed by atoms with Crippen molar-refractivity contribution in [2.24, 2.45) is 29.6 Å². The first-order valence-corrected chi connectivity index (χ1v) is 12.2. The maximum atomic E-state index is 13.3. The van der Waals surface area contributed by atoms with Crippen molar-refractivity contribution in [1.29, 1.82) is 0 Å². The van der Waals surface area contributed by atoms with Crippen molar-refractivity contribution in [3.63, 3.8) is 0 Å². The van der Waals surface area contributed by atoms with Crippen LogP contribution in [0.1, 0.15) is 59.8 Å². The zero-order valence-corrected chi connectivity index (χ0v) is 19.7. The highest BCUT2D eigenvalue weighted by atomic mass is 16.5. The molecule has 7 atom stereocenters. The molecular formula is C25H41N3O3. The second-order valence-corrected chi connectivity index (χ2v) is 10.0. The van der Waals surface area contributed by atoms with Crippen LogP contribution in [0, 0.1) is 41.9 Å². The van der Waals surface area contributed by atoms with Gasteiger partial charge in [-0.15, -0.1) is 12.3 Å². The molecule has 0 spiro atoms. The highest BCUT2D eigenvalue weighted by Crippen LogP contribution is 2.38. The first-order valence-electron chi connectivity index (χ1n) is 12.2. The number of hydrogen-bond donors (Lipinski definition) is 2. The predicted octanol–water partition coefficient (Wildman–Crippen LogP) is 2.43. The molecule has 0 aromatic heterocycles. The van der Waals surface area contributed by atoms with E-state index in [0.717, 1.165) is 51.9 Å². The molecular weight excluding hydrogens is 390 g/mol. The van der Waals surface area contributed by atoms with Gasteiger partial charge >= 0.3 is 0 Å². The van der Waals surface area contributed by atoms with Crippen molar-refractivity contribution >= 4 is 11.8 Å². The van der Waals surface area contributed by atoms with Gasteiger partial charge in [-0.25, -0.2) is 0 Å². The monoisotopic (exact) mass is 431 g/mol. The van der Waals surface area contributed by atoms with Crippen LogP contribution in [-0.4, -0.2) is 61.1 Å². The van der Waals surface area contributed by atoms with Crippen LogP contribution in [-0.2, 0) is 14.3 Å². The van der Waals surface area contributed by atoms with Crippen LogP contribution >= 0.6 is 0 Å². The van der Waals surface area contributed by atoms with Gasteiger partial charge in [-0.1, -0.05) is 20.8 Å². The Balaban J connectivity index is 1.66. The Hall–Kier alpha value is -1.58. The largest absolute Gasteiger partial charge is 0.381 e. The zero-order valence-electron chi connectivity index (χ0n) is 19.7. The summed E-state index contributed by atoms with van der Waals surface area (Å²) in [5, 5.41) is 6.14. The van der Waals surface area contributed by atoms with E-state index < -0.39 is 0 Å². The molecule has 1 aliphatic carbocycles. The minimum atomic E-state index is -0.160. The van der Waals surface area contributed by atoms with Crippen LogP contribution in [0.15, 0.2) is 0 Å². The van der Waals surface area contributed by atoms with Crippen LogP contribution < -0.4 is 10.6 Å². The van der Waals surface area contributed by atoms with Gasteiger partial charge in [0.1, 0.15) is 0 Å². The van der Waals surface area contributed by atoms with Crippen molar-refractivity contribution in [2.45, 2.75) is 77.9 Å². The van der Waals surface area contributed by atoms with Crippen molar-refractivity contribution in [3.05, 3.63) is 0 Å². The van der Waals surface area contributed by atoms with Gasteiger partial charge < -0.3 is 15.4 Å². The second kappa shape index (κ2) is 10.8. The van der Waals surface area contributed by atoms with E-state index in [0.29, 0.717) is 18.6 Å². The second-order valence-electron chi connectivity index (χ2n) is 10.0. The summed E-state index contributed by atoms with van der Waals surface area (Å²) >= 11 is 0. The molecule has 174 valence electrons. The molecule has 3 aliphatic rings. The molecule has 2 saturated heterocycles. The lowest BCUT2D eigenvalue weighted by molar-refractivity contribution is -0.132. The molecule has 2 aliphatic heterocycles. The van der Waals surface area contributed by atoms with E-state index in [4.69, 9.17) is 11.2 Å². The predicted molar refractivity (Wildman–Crippen MR) is 122 cm³/mol. The summed E-state index contributed by atoms with van der Waals surface area (Å²) in [5.74, 6) is 3.39. The Labute approximate surface area is 188 Å². The molecule has 0 aromatic rings. The third-order valence-corrected chi connectivity index (χ3v) is 7.96. The number of rotatable bonds is 6. The lowest BCUT2D eigenvalue weighted by atomic mass is 9.70. The van der Waals surface area contributed by atoms with Gasteiger partial charge in [-0.05, 0) is 57.4 Å². The van der Waals surface area contributed by atoms with E-state index >= 15 is 0 Å². The van der Waals surface area contributed by atoms with E-state index in [-0.39, 0.29) is 47.4 Å². The third kappa shape index (κ3) is 5.62. The Morgan fingerprint density at radius 2 is 1.94 bits per heavy atom. The summed E-state index contributed by atoms with van der Waals surface area (Å²) in [6.45, 7) is 11.5. The molecule has 0 aromatic carbocycles. The first kappa shape index (κ1) is 24.1. The Kier molecular flexibility index (Phi) is 8.41. The maximum Gasteiger partial charge on any atom is 0.225 e. The molecule has 6 heteroatoms. The summed E-state index contributed by atoms with van der Waals surface area (Å²) in [7, 11) is 0. The quantitative estimate of drug-likeness (QED) is 0.634. The smallest absolute Gasteiger partial charge is 0.225 e. The van der Waals surface area contributed by atoms with E-state index in [9.17, 15) is 9.59 Å². The molecule has 3 fully saturated rings. The summed E-state index contributed by atoms with van der Waals surface area (Å²) in [4.78, 5) is 28.3. The van der Waals surface area contributed by atoms with Gasteiger partial charge in [-0.2, -0.15) is 0 Å². The summed E-state index contributed by atoms with van der Waals surface area (Å²) in [6.07, 6.45) is 10.6. The topological polar surface area (TPSA) is 70.7 Å². The fourth-order valence-electron chi connectivity index (χ4n) is 6.12. The van der Waals surface area contributed by atoms with Gasteiger partial charge in [0, 0.05) is 49.7 Å². The zero-order chi connectivity index (χ0) is 22.5. The Morgan fingerprint density at radius 1 is 1.23 bits per heavy atom. The maximum absolute atomic E-state index is 13.3. The van der Waals surface area contributed by atoms with Gasteiger partial charge in [0.25, 0.3) is 0 Å². The number of hydrogen-bond acceptors (Lipinski definition) is 4. The number of nitrogens with zero attached hydrogens (tertiary/aromatic N) is 1. The highest BCUT2D eigenvalue weighted by Gasteiger charge is 2.43. The molecule has 1 saturated carbocycles. The van der Waals surface area contributed by atoms with E-state index in [1.807, 2.05) is 6.92 Å². The lowest BCUT2D eigenvalue weighted by Gasteiger charge is -2.47. The average molecular weight is 432 g/mol. The SMILES string of the molecule is C#CC1CC(C(=O)NCC2C(=O)NC(C)CC2C)C(C)C(N(CC)C2CCOCC2)C1. The van der Waals surface area contributed by atoms with Gasteiger partial charge in [0.2, 0.25) is 11.8 Å². The Morgan fingerprint density at radius 3 is 2.55 bits per heavy atom. The van der Waals surface area contributed by atoms with E-state index in [1.54, 1.807) is 0 Å². The number of piperidine rings is 1. The summed E-state index contributed by atoms with van der Waals surface area (Å²) in [5.41, 5.74) is 0. The first-order chi connectivity index (χ1) is 14.8. The normalized spacial score (nSPS) is 37.2. The van der Waals surface area contributed by atoms with Crippen molar-refractivity contribution in [2.75, 3.05) is 26.3 Å².